The zero-order valence-electron chi connectivity index (χ0n) is 9.35. The van der Waals surface area contributed by atoms with E-state index >= 15 is 0 Å². The first-order valence-electron chi connectivity index (χ1n) is 5.16. The second kappa shape index (κ2) is 5.14. The van der Waals surface area contributed by atoms with Crippen LogP contribution in [0.4, 0.5) is 0 Å². The SMILES string of the molecule is Cn1cnc(C(=O)NCc2ccc(Br)cc2)c1. The molecule has 0 spiro atoms. The Morgan fingerprint density at radius 1 is 1.41 bits per heavy atom. The monoisotopic (exact) mass is 293 g/mol. The van der Waals surface area contributed by atoms with Crippen LogP contribution in [0.1, 0.15) is 16.1 Å². The molecule has 0 saturated heterocycles. The van der Waals surface area contributed by atoms with Crippen molar-refractivity contribution in [3.05, 3.63) is 52.5 Å². The molecule has 0 fully saturated rings. The highest BCUT2D eigenvalue weighted by Crippen LogP contribution is 2.10. The molecular formula is C12H12BrN3O. The largest absolute Gasteiger partial charge is 0.347 e. The molecule has 5 heteroatoms. The summed E-state index contributed by atoms with van der Waals surface area (Å²) in [6.07, 6.45) is 3.30. The topological polar surface area (TPSA) is 46.9 Å². The van der Waals surface area contributed by atoms with Crippen LogP contribution in [0.3, 0.4) is 0 Å². The van der Waals surface area contributed by atoms with Gasteiger partial charge in [-0.3, -0.25) is 4.79 Å². The predicted molar refractivity (Wildman–Crippen MR) is 68.5 cm³/mol. The Balaban J connectivity index is 1.94. The van der Waals surface area contributed by atoms with Crippen molar-refractivity contribution in [3.63, 3.8) is 0 Å². The number of halogens is 1. The Morgan fingerprint density at radius 3 is 2.71 bits per heavy atom. The molecular weight excluding hydrogens is 282 g/mol. The summed E-state index contributed by atoms with van der Waals surface area (Å²) in [7, 11) is 1.83. The van der Waals surface area contributed by atoms with Gasteiger partial charge in [-0.2, -0.15) is 0 Å². The van der Waals surface area contributed by atoms with Crippen LogP contribution in [0, 0.1) is 0 Å². The summed E-state index contributed by atoms with van der Waals surface area (Å²) in [5, 5.41) is 2.82. The molecule has 88 valence electrons. The van der Waals surface area contributed by atoms with Crippen molar-refractivity contribution in [1.29, 1.82) is 0 Å². The van der Waals surface area contributed by atoms with Gasteiger partial charge in [-0.1, -0.05) is 28.1 Å². The summed E-state index contributed by atoms with van der Waals surface area (Å²) in [6, 6.07) is 7.82. The Bertz CT molecular complexity index is 519. The van der Waals surface area contributed by atoms with Crippen molar-refractivity contribution >= 4 is 21.8 Å². The number of nitrogens with zero attached hydrogens (tertiary/aromatic N) is 2. The van der Waals surface area contributed by atoms with E-state index in [1.54, 1.807) is 17.1 Å². The Morgan fingerprint density at radius 2 is 2.12 bits per heavy atom. The lowest BCUT2D eigenvalue weighted by Gasteiger charge is -2.03. The molecule has 4 nitrogen and oxygen atoms in total. The smallest absolute Gasteiger partial charge is 0.271 e. The van der Waals surface area contributed by atoms with E-state index in [1.165, 1.54) is 0 Å². The van der Waals surface area contributed by atoms with Gasteiger partial charge in [-0.25, -0.2) is 4.98 Å². The van der Waals surface area contributed by atoms with E-state index < -0.39 is 0 Å². The minimum Gasteiger partial charge on any atom is -0.347 e. The maximum Gasteiger partial charge on any atom is 0.271 e. The van der Waals surface area contributed by atoms with Gasteiger partial charge in [0.25, 0.3) is 5.91 Å². The van der Waals surface area contributed by atoms with Gasteiger partial charge in [-0.15, -0.1) is 0 Å². The van der Waals surface area contributed by atoms with Crippen molar-refractivity contribution in [2.45, 2.75) is 6.54 Å². The van der Waals surface area contributed by atoms with Crippen molar-refractivity contribution in [1.82, 2.24) is 14.9 Å². The van der Waals surface area contributed by atoms with Crippen LogP contribution in [0.2, 0.25) is 0 Å². The highest BCUT2D eigenvalue weighted by molar-refractivity contribution is 9.10. The normalized spacial score (nSPS) is 10.2. The zero-order chi connectivity index (χ0) is 12.3. The molecule has 1 amide bonds. The molecule has 0 radical (unpaired) electrons. The lowest BCUT2D eigenvalue weighted by molar-refractivity contribution is 0.0946. The highest BCUT2D eigenvalue weighted by atomic mass is 79.9. The van der Waals surface area contributed by atoms with E-state index in [1.807, 2.05) is 31.3 Å². The number of carbonyl (C=O) groups is 1. The van der Waals surface area contributed by atoms with Gasteiger partial charge in [0.15, 0.2) is 0 Å². The van der Waals surface area contributed by atoms with E-state index in [0.717, 1.165) is 10.0 Å². The number of imidazole rings is 1. The quantitative estimate of drug-likeness (QED) is 0.942. The van der Waals surface area contributed by atoms with Gasteiger partial charge in [0.1, 0.15) is 5.69 Å². The van der Waals surface area contributed by atoms with Gasteiger partial charge in [0, 0.05) is 24.3 Å². The maximum absolute atomic E-state index is 11.7. The summed E-state index contributed by atoms with van der Waals surface area (Å²) in [4.78, 5) is 15.7. The Labute approximate surface area is 108 Å². The first kappa shape index (κ1) is 11.9. The highest BCUT2D eigenvalue weighted by Gasteiger charge is 2.07. The number of hydrogen-bond acceptors (Lipinski definition) is 2. The third-order valence-corrected chi connectivity index (χ3v) is 2.83. The summed E-state index contributed by atoms with van der Waals surface area (Å²) in [6.45, 7) is 0.503. The molecule has 0 atom stereocenters. The third kappa shape index (κ3) is 3.17. The average molecular weight is 294 g/mol. The number of rotatable bonds is 3. The summed E-state index contributed by atoms with van der Waals surface area (Å²) >= 11 is 3.36. The molecule has 17 heavy (non-hydrogen) atoms. The van der Waals surface area contributed by atoms with Crippen molar-refractivity contribution in [3.8, 4) is 0 Å². The lowest BCUT2D eigenvalue weighted by Crippen LogP contribution is -2.23. The molecule has 2 aromatic rings. The average Bonchev–Trinajstić information content (AvgIpc) is 2.75. The number of aryl methyl sites for hydroxylation is 1. The van der Waals surface area contributed by atoms with Crippen LogP contribution in [0.25, 0.3) is 0 Å². The van der Waals surface area contributed by atoms with Gasteiger partial charge in [0.05, 0.1) is 6.33 Å². The maximum atomic E-state index is 11.7. The van der Waals surface area contributed by atoms with Crippen LogP contribution < -0.4 is 5.32 Å². The number of benzene rings is 1. The van der Waals surface area contributed by atoms with E-state index in [9.17, 15) is 4.79 Å². The Kier molecular flexibility index (Phi) is 3.58. The molecule has 1 aromatic carbocycles. The molecule has 2 rings (SSSR count). The van der Waals surface area contributed by atoms with E-state index in [2.05, 4.69) is 26.2 Å². The minimum absolute atomic E-state index is 0.159. The Hall–Kier alpha value is -1.62. The van der Waals surface area contributed by atoms with Crippen LogP contribution >= 0.6 is 15.9 Å². The zero-order valence-corrected chi connectivity index (χ0v) is 10.9. The fourth-order valence-electron chi connectivity index (χ4n) is 1.41. The molecule has 0 aliphatic heterocycles. The number of hydrogen-bond donors (Lipinski definition) is 1. The number of amides is 1. The number of aromatic nitrogens is 2. The van der Waals surface area contributed by atoms with Gasteiger partial charge < -0.3 is 9.88 Å². The van der Waals surface area contributed by atoms with Crippen molar-refractivity contribution in [2.75, 3.05) is 0 Å². The van der Waals surface area contributed by atoms with Crippen molar-refractivity contribution in [2.24, 2.45) is 7.05 Å². The fourth-order valence-corrected chi connectivity index (χ4v) is 1.67. The van der Waals surface area contributed by atoms with Crippen LogP contribution in [0.5, 0.6) is 0 Å². The fraction of sp³-hybridized carbons (Fsp3) is 0.167. The minimum atomic E-state index is -0.159. The first-order chi connectivity index (χ1) is 8.15. The van der Waals surface area contributed by atoms with Gasteiger partial charge >= 0.3 is 0 Å². The molecule has 0 aliphatic rings. The molecule has 1 aromatic heterocycles. The third-order valence-electron chi connectivity index (χ3n) is 2.30. The summed E-state index contributed by atoms with van der Waals surface area (Å²) in [5.41, 5.74) is 1.49. The summed E-state index contributed by atoms with van der Waals surface area (Å²) in [5.74, 6) is -0.159. The molecule has 0 saturated carbocycles. The van der Waals surface area contributed by atoms with Crippen LogP contribution in [0.15, 0.2) is 41.3 Å². The molecule has 0 unspecified atom stereocenters. The van der Waals surface area contributed by atoms with E-state index in [0.29, 0.717) is 12.2 Å². The van der Waals surface area contributed by atoms with E-state index in [-0.39, 0.29) is 5.91 Å². The first-order valence-corrected chi connectivity index (χ1v) is 5.95. The number of carbonyl (C=O) groups excluding carboxylic acids is 1. The van der Waals surface area contributed by atoms with Crippen molar-refractivity contribution < 1.29 is 4.79 Å². The van der Waals surface area contributed by atoms with Gasteiger partial charge in [-0.05, 0) is 17.7 Å². The lowest BCUT2D eigenvalue weighted by atomic mass is 10.2. The number of nitrogens with one attached hydrogen (secondary N) is 1. The molecule has 1 N–H and O–H groups in total. The predicted octanol–water partition coefficient (Wildman–Crippen LogP) is 2.11. The van der Waals surface area contributed by atoms with E-state index in [4.69, 9.17) is 0 Å². The second-order valence-corrected chi connectivity index (χ2v) is 4.65. The molecule has 0 bridgehead atoms. The van der Waals surface area contributed by atoms with Gasteiger partial charge in [0.2, 0.25) is 0 Å². The van der Waals surface area contributed by atoms with Crippen LogP contribution in [-0.2, 0) is 13.6 Å². The summed E-state index contributed by atoms with van der Waals surface area (Å²) < 4.78 is 2.77. The van der Waals surface area contributed by atoms with Crippen LogP contribution in [-0.4, -0.2) is 15.5 Å². The standard InChI is InChI=1S/C12H12BrN3O/c1-16-7-11(15-8-16)12(17)14-6-9-2-4-10(13)5-3-9/h2-5,7-8H,6H2,1H3,(H,14,17). The molecule has 1 heterocycles. The molecule has 0 aliphatic carbocycles. The second-order valence-electron chi connectivity index (χ2n) is 3.73.